The highest BCUT2D eigenvalue weighted by Crippen LogP contribution is 2.26. The molecule has 3 aromatic rings. The van der Waals surface area contributed by atoms with Gasteiger partial charge in [0.15, 0.2) is 6.61 Å². The van der Waals surface area contributed by atoms with Gasteiger partial charge in [-0.05, 0) is 53.8 Å². The molecule has 186 valence electrons. The lowest BCUT2D eigenvalue weighted by Crippen LogP contribution is -2.24. The Morgan fingerprint density at radius 2 is 1.61 bits per heavy atom. The molecule has 0 aliphatic carbocycles. The first-order valence-electron chi connectivity index (χ1n) is 12.0. The summed E-state index contributed by atoms with van der Waals surface area (Å²) in [7, 11) is 0. The molecule has 1 aliphatic heterocycles. The third-order valence-electron chi connectivity index (χ3n) is 6.04. The highest BCUT2D eigenvalue weighted by Gasteiger charge is 2.22. The second kappa shape index (κ2) is 10.6. The van der Waals surface area contributed by atoms with E-state index in [1.54, 1.807) is 59.5 Å². The average molecular weight is 486 g/mol. The number of nitrogens with zero attached hydrogens (tertiary/aromatic N) is 1. The molecule has 7 nitrogen and oxygen atoms in total. The van der Waals surface area contributed by atoms with Crippen LogP contribution in [0.1, 0.15) is 49.5 Å². The van der Waals surface area contributed by atoms with E-state index >= 15 is 0 Å². The summed E-state index contributed by atoms with van der Waals surface area (Å²) in [4.78, 5) is 39.1. The SMILES string of the molecule is CC(C)(C)c1ccc(C(=O)Nc2ccccc2NC(=O)COc2cccc(N3CCCC3=O)c2)cc1. The van der Waals surface area contributed by atoms with Crippen molar-refractivity contribution in [3.05, 3.63) is 83.9 Å². The normalized spacial score (nSPS) is 13.4. The molecule has 0 atom stereocenters. The summed E-state index contributed by atoms with van der Waals surface area (Å²) in [5, 5.41) is 5.68. The number of anilines is 3. The van der Waals surface area contributed by atoms with Gasteiger partial charge in [0.1, 0.15) is 5.75 Å². The number of carbonyl (C=O) groups excluding carboxylic acids is 3. The van der Waals surface area contributed by atoms with Gasteiger partial charge in [-0.15, -0.1) is 0 Å². The van der Waals surface area contributed by atoms with Crippen LogP contribution in [0.25, 0.3) is 0 Å². The van der Waals surface area contributed by atoms with Crippen LogP contribution < -0.4 is 20.3 Å². The zero-order chi connectivity index (χ0) is 25.7. The van der Waals surface area contributed by atoms with Gasteiger partial charge in [0.25, 0.3) is 11.8 Å². The molecule has 36 heavy (non-hydrogen) atoms. The molecule has 0 saturated carbocycles. The number of nitrogens with one attached hydrogen (secondary N) is 2. The highest BCUT2D eigenvalue weighted by atomic mass is 16.5. The Balaban J connectivity index is 1.37. The van der Waals surface area contributed by atoms with E-state index in [9.17, 15) is 14.4 Å². The van der Waals surface area contributed by atoms with Gasteiger partial charge in [-0.1, -0.05) is 51.1 Å². The van der Waals surface area contributed by atoms with Crippen LogP contribution in [0.2, 0.25) is 0 Å². The maximum absolute atomic E-state index is 12.8. The minimum Gasteiger partial charge on any atom is -0.484 e. The van der Waals surface area contributed by atoms with E-state index < -0.39 is 0 Å². The Bertz CT molecular complexity index is 1260. The predicted octanol–water partition coefficient (Wildman–Crippen LogP) is 5.38. The molecule has 1 fully saturated rings. The highest BCUT2D eigenvalue weighted by molar-refractivity contribution is 6.07. The number of para-hydroxylation sites is 2. The van der Waals surface area contributed by atoms with Gasteiger partial charge in [0.2, 0.25) is 5.91 Å². The van der Waals surface area contributed by atoms with Crippen LogP contribution in [0.15, 0.2) is 72.8 Å². The summed E-state index contributed by atoms with van der Waals surface area (Å²) in [6, 6.07) is 21.7. The molecule has 0 bridgehead atoms. The zero-order valence-corrected chi connectivity index (χ0v) is 20.8. The molecule has 4 rings (SSSR count). The monoisotopic (exact) mass is 485 g/mol. The molecular weight excluding hydrogens is 454 g/mol. The number of benzene rings is 3. The number of amides is 3. The lowest BCUT2D eigenvalue weighted by molar-refractivity contribution is -0.118. The van der Waals surface area contributed by atoms with Gasteiger partial charge in [-0.25, -0.2) is 0 Å². The lowest BCUT2D eigenvalue weighted by Gasteiger charge is -2.19. The number of rotatable bonds is 7. The first-order valence-corrected chi connectivity index (χ1v) is 12.0. The largest absolute Gasteiger partial charge is 0.484 e. The Kier molecular flexibility index (Phi) is 7.38. The summed E-state index contributed by atoms with van der Waals surface area (Å²) in [6.45, 7) is 6.84. The molecular formula is C29H31N3O4. The van der Waals surface area contributed by atoms with Crippen molar-refractivity contribution in [3.63, 3.8) is 0 Å². The van der Waals surface area contributed by atoms with E-state index in [4.69, 9.17) is 4.74 Å². The Morgan fingerprint density at radius 1 is 0.917 bits per heavy atom. The van der Waals surface area contributed by atoms with Gasteiger partial charge < -0.3 is 20.3 Å². The summed E-state index contributed by atoms with van der Waals surface area (Å²) in [5.41, 5.74) is 3.40. The zero-order valence-electron chi connectivity index (χ0n) is 20.8. The number of hydrogen-bond acceptors (Lipinski definition) is 4. The van der Waals surface area contributed by atoms with Crippen LogP contribution in [-0.4, -0.2) is 30.9 Å². The molecule has 3 amide bonds. The van der Waals surface area contributed by atoms with Crippen LogP contribution in [0, 0.1) is 0 Å². The third-order valence-corrected chi connectivity index (χ3v) is 6.04. The van der Waals surface area contributed by atoms with Gasteiger partial charge >= 0.3 is 0 Å². The van der Waals surface area contributed by atoms with Crippen molar-refractivity contribution in [3.8, 4) is 5.75 Å². The van der Waals surface area contributed by atoms with Crippen LogP contribution in [0.3, 0.4) is 0 Å². The first-order chi connectivity index (χ1) is 17.2. The lowest BCUT2D eigenvalue weighted by atomic mass is 9.87. The van der Waals surface area contributed by atoms with E-state index in [-0.39, 0.29) is 29.7 Å². The van der Waals surface area contributed by atoms with Crippen LogP contribution in [0.4, 0.5) is 17.1 Å². The predicted molar refractivity (Wildman–Crippen MR) is 142 cm³/mol. The summed E-state index contributed by atoms with van der Waals surface area (Å²) >= 11 is 0. The van der Waals surface area contributed by atoms with Crippen LogP contribution in [0.5, 0.6) is 5.75 Å². The molecule has 1 saturated heterocycles. The summed E-state index contributed by atoms with van der Waals surface area (Å²) in [6.07, 6.45) is 1.39. The van der Waals surface area contributed by atoms with E-state index in [0.29, 0.717) is 35.7 Å². The van der Waals surface area contributed by atoms with Gasteiger partial charge in [-0.3, -0.25) is 14.4 Å². The molecule has 1 aliphatic rings. The Morgan fingerprint density at radius 3 is 2.25 bits per heavy atom. The van der Waals surface area contributed by atoms with Crippen LogP contribution in [-0.2, 0) is 15.0 Å². The molecule has 0 aromatic heterocycles. The third kappa shape index (κ3) is 6.10. The Labute approximate surface area is 211 Å². The van der Waals surface area contributed by atoms with E-state index in [1.807, 2.05) is 18.2 Å². The van der Waals surface area contributed by atoms with Crippen molar-refractivity contribution in [1.82, 2.24) is 0 Å². The van der Waals surface area contributed by atoms with Gasteiger partial charge in [0, 0.05) is 30.3 Å². The number of hydrogen-bond donors (Lipinski definition) is 2. The van der Waals surface area contributed by atoms with Crippen molar-refractivity contribution in [2.24, 2.45) is 0 Å². The van der Waals surface area contributed by atoms with E-state index in [0.717, 1.165) is 17.7 Å². The van der Waals surface area contributed by atoms with E-state index in [1.165, 1.54) is 0 Å². The Hall–Kier alpha value is -4.13. The quantitative estimate of drug-likeness (QED) is 0.470. The van der Waals surface area contributed by atoms with Crippen molar-refractivity contribution in [2.75, 3.05) is 28.7 Å². The molecule has 0 spiro atoms. The van der Waals surface area contributed by atoms with Crippen molar-refractivity contribution >= 4 is 34.8 Å². The standard InChI is InChI=1S/C29H31N3O4/c1-29(2,3)21-15-13-20(14-16-21)28(35)31-25-11-5-4-10-24(25)30-26(33)19-36-23-9-6-8-22(18-23)32-17-7-12-27(32)34/h4-6,8-11,13-16,18H,7,12,17,19H2,1-3H3,(H,30,33)(H,31,35). The maximum Gasteiger partial charge on any atom is 0.262 e. The molecule has 3 aromatic carbocycles. The molecule has 0 unspecified atom stereocenters. The average Bonchev–Trinajstić information content (AvgIpc) is 3.29. The molecule has 1 heterocycles. The van der Waals surface area contributed by atoms with Crippen LogP contribution >= 0.6 is 0 Å². The van der Waals surface area contributed by atoms with Crippen molar-refractivity contribution < 1.29 is 19.1 Å². The number of ether oxygens (including phenoxy) is 1. The second-order valence-electron chi connectivity index (χ2n) is 9.81. The fraction of sp³-hybridized carbons (Fsp3) is 0.276. The minimum atomic E-state index is -0.367. The molecule has 2 N–H and O–H groups in total. The fourth-order valence-corrected chi connectivity index (χ4v) is 4.01. The maximum atomic E-state index is 12.8. The molecule has 7 heteroatoms. The van der Waals surface area contributed by atoms with Gasteiger partial charge in [-0.2, -0.15) is 0 Å². The topological polar surface area (TPSA) is 87.7 Å². The van der Waals surface area contributed by atoms with E-state index in [2.05, 4.69) is 31.4 Å². The minimum absolute atomic E-state index is 0.000872. The fourth-order valence-electron chi connectivity index (χ4n) is 4.01. The smallest absolute Gasteiger partial charge is 0.262 e. The van der Waals surface area contributed by atoms with Crippen molar-refractivity contribution in [2.45, 2.75) is 39.0 Å². The summed E-state index contributed by atoms with van der Waals surface area (Å²) in [5.74, 6) is -0.0353. The summed E-state index contributed by atoms with van der Waals surface area (Å²) < 4.78 is 5.67. The molecule has 0 radical (unpaired) electrons. The number of carbonyl (C=O) groups is 3. The first kappa shape index (κ1) is 25.0. The van der Waals surface area contributed by atoms with Crippen molar-refractivity contribution in [1.29, 1.82) is 0 Å². The van der Waals surface area contributed by atoms with Gasteiger partial charge in [0.05, 0.1) is 11.4 Å². The second-order valence-corrected chi connectivity index (χ2v) is 9.81.